The number of hydrogen-bond donors (Lipinski definition) is 5. The third-order valence-electron chi connectivity index (χ3n) is 2.20. The molecular formula is C12H18ClFNO7P. The molecular weight excluding hydrogens is 356 g/mol. The van der Waals surface area contributed by atoms with E-state index in [2.05, 4.69) is 5.96 Å². The van der Waals surface area contributed by atoms with E-state index >= 15 is 0 Å². The van der Waals surface area contributed by atoms with E-state index in [0.717, 1.165) is 0 Å². The molecule has 0 aliphatic heterocycles. The van der Waals surface area contributed by atoms with E-state index in [0.29, 0.717) is 12.8 Å². The van der Waals surface area contributed by atoms with Crippen molar-refractivity contribution in [3.8, 4) is 0 Å². The topological polar surface area (TPSA) is 158 Å². The van der Waals surface area contributed by atoms with E-state index < -0.39 is 19.5 Å². The van der Waals surface area contributed by atoms with Crippen LogP contribution in [0.15, 0.2) is 24.3 Å². The fourth-order valence-corrected chi connectivity index (χ4v) is 2.34. The number of rotatable bonds is 6. The number of benzene rings is 1. The van der Waals surface area contributed by atoms with Gasteiger partial charge >= 0.3 is 19.5 Å². The van der Waals surface area contributed by atoms with Crippen LogP contribution in [0.3, 0.4) is 0 Å². The highest BCUT2D eigenvalue weighted by atomic mass is 35.5. The van der Waals surface area contributed by atoms with Gasteiger partial charge in [0.2, 0.25) is 0 Å². The highest BCUT2D eigenvalue weighted by Crippen LogP contribution is 2.35. The van der Waals surface area contributed by atoms with Gasteiger partial charge in [0, 0.05) is 12.8 Å². The normalized spacial score (nSPS) is 9.78. The minimum atomic E-state index is -4.19. The van der Waals surface area contributed by atoms with Crippen molar-refractivity contribution in [2.45, 2.75) is 25.7 Å². The second-order valence-corrected chi connectivity index (χ2v) is 5.97. The smallest absolute Gasteiger partial charge is 0.357 e. The molecule has 8 nitrogen and oxygen atoms in total. The molecule has 0 unspecified atom stereocenters. The maximum absolute atomic E-state index is 10.7. The van der Waals surface area contributed by atoms with E-state index in [-0.39, 0.29) is 23.2 Å². The SMILES string of the molecule is NF.O=C(O)CCCCC(=O)O.O=P(O)(O)c1ccccc1Cl. The Morgan fingerprint density at radius 1 is 1.04 bits per heavy atom. The Kier molecular flexibility index (Phi) is 13.4. The Bertz CT molecular complexity index is 522. The second kappa shape index (κ2) is 13.0. The van der Waals surface area contributed by atoms with Crippen LogP contribution < -0.4 is 11.3 Å². The van der Waals surface area contributed by atoms with Crippen LogP contribution in [0.4, 0.5) is 4.48 Å². The van der Waals surface area contributed by atoms with Gasteiger partial charge in [-0.25, -0.2) is 0 Å². The third-order valence-corrected chi connectivity index (χ3v) is 3.68. The summed E-state index contributed by atoms with van der Waals surface area (Å²) in [4.78, 5) is 37.2. The Labute approximate surface area is 136 Å². The first-order valence-electron chi connectivity index (χ1n) is 6.10. The maximum Gasteiger partial charge on any atom is 0.357 e. The second-order valence-electron chi connectivity index (χ2n) is 3.99. The van der Waals surface area contributed by atoms with Crippen LogP contribution >= 0.6 is 19.2 Å². The predicted molar refractivity (Wildman–Crippen MR) is 82.2 cm³/mol. The molecule has 11 heteroatoms. The van der Waals surface area contributed by atoms with Crippen LogP contribution in [0.25, 0.3) is 0 Å². The molecule has 1 aromatic rings. The molecule has 0 atom stereocenters. The van der Waals surface area contributed by atoms with Crippen LogP contribution in [-0.4, -0.2) is 31.9 Å². The van der Waals surface area contributed by atoms with E-state index in [1.807, 2.05) is 0 Å². The number of carboxylic acid groups (broad SMARTS) is 2. The molecule has 0 saturated carbocycles. The Hall–Kier alpha value is -1.51. The summed E-state index contributed by atoms with van der Waals surface area (Å²) in [5.41, 5.74) is 0. The van der Waals surface area contributed by atoms with Crippen molar-refractivity contribution in [2.24, 2.45) is 5.96 Å². The molecule has 132 valence electrons. The van der Waals surface area contributed by atoms with Gasteiger partial charge in [-0.15, -0.1) is 4.48 Å². The highest BCUT2D eigenvalue weighted by molar-refractivity contribution is 7.60. The van der Waals surface area contributed by atoms with Crippen LogP contribution in [0.2, 0.25) is 5.02 Å². The summed E-state index contributed by atoms with van der Waals surface area (Å²) in [6.45, 7) is 0. The Balaban J connectivity index is 0. The quantitative estimate of drug-likeness (QED) is 0.286. The van der Waals surface area contributed by atoms with Crippen molar-refractivity contribution in [1.29, 1.82) is 0 Å². The summed E-state index contributed by atoms with van der Waals surface area (Å²) in [6, 6.07) is 5.89. The van der Waals surface area contributed by atoms with Crippen molar-refractivity contribution in [2.75, 3.05) is 0 Å². The van der Waals surface area contributed by atoms with Gasteiger partial charge in [0.05, 0.1) is 10.3 Å². The molecule has 0 bridgehead atoms. The average Bonchev–Trinajstić information content (AvgIpc) is 2.45. The molecule has 0 amide bonds. The zero-order chi connectivity index (χ0) is 18.5. The van der Waals surface area contributed by atoms with Crippen molar-refractivity contribution >= 4 is 36.4 Å². The molecule has 0 aliphatic rings. The summed E-state index contributed by atoms with van der Waals surface area (Å²) in [7, 11) is -4.19. The summed E-state index contributed by atoms with van der Waals surface area (Å²) in [5, 5.41) is 16.2. The number of nitrogens with two attached hydrogens (primary N) is 1. The van der Waals surface area contributed by atoms with Gasteiger partial charge in [-0.1, -0.05) is 23.7 Å². The number of halogens is 2. The van der Waals surface area contributed by atoms with Crippen molar-refractivity contribution < 1.29 is 38.6 Å². The van der Waals surface area contributed by atoms with Gasteiger partial charge in [-0.05, 0) is 25.0 Å². The summed E-state index contributed by atoms with van der Waals surface area (Å²) < 4.78 is 19.7. The third kappa shape index (κ3) is 13.8. The molecule has 0 heterocycles. The van der Waals surface area contributed by atoms with Gasteiger partial charge in [-0.2, -0.15) is 5.96 Å². The number of unbranched alkanes of at least 4 members (excludes halogenated alkanes) is 1. The number of carbonyl (C=O) groups is 2. The first kappa shape index (κ1) is 23.8. The van der Waals surface area contributed by atoms with Gasteiger partial charge in [0.25, 0.3) is 0 Å². The van der Waals surface area contributed by atoms with E-state index in [1.165, 1.54) is 18.2 Å². The lowest BCUT2D eigenvalue weighted by atomic mass is 10.2. The van der Waals surface area contributed by atoms with Crippen molar-refractivity contribution in [3.63, 3.8) is 0 Å². The zero-order valence-electron chi connectivity index (χ0n) is 11.9. The minimum absolute atomic E-state index is 0.0628. The number of carboxylic acids is 2. The molecule has 0 fully saturated rings. The largest absolute Gasteiger partial charge is 0.481 e. The van der Waals surface area contributed by atoms with Gasteiger partial charge in [0.15, 0.2) is 0 Å². The molecule has 6 N–H and O–H groups in total. The fourth-order valence-electron chi connectivity index (χ4n) is 1.24. The summed E-state index contributed by atoms with van der Waals surface area (Å²) in [6.07, 6.45) is 1.02. The standard InChI is InChI=1S/C6H6ClO3P.C6H10O4.FH2N/c7-5-3-1-2-4-6(5)11(8,9)10;7-5(8)3-1-2-4-6(9)10;1-2/h1-4H,(H2,8,9,10);1-4H2,(H,7,8)(H,9,10);2H2. The van der Waals surface area contributed by atoms with Crippen molar-refractivity contribution in [1.82, 2.24) is 0 Å². The van der Waals surface area contributed by atoms with Crippen LogP contribution in [0.5, 0.6) is 0 Å². The molecule has 0 aliphatic carbocycles. The molecule has 23 heavy (non-hydrogen) atoms. The molecule has 0 aromatic heterocycles. The van der Waals surface area contributed by atoms with Crippen LogP contribution in [-0.2, 0) is 14.2 Å². The van der Waals surface area contributed by atoms with E-state index in [1.54, 1.807) is 6.07 Å². The van der Waals surface area contributed by atoms with E-state index in [4.69, 9.17) is 36.1 Å². The molecule has 1 aromatic carbocycles. The Morgan fingerprint density at radius 2 is 1.43 bits per heavy atom. The van der Waals surface area contributed by atoms with E-state index in [9.17, 15) is 14.2 Å². The molecule has 0 spiro atoms. The van der Waals surface area contributed by atoms with Gasteiger partial charge < -0.3 is 20.0 Å². The number of hydrogen-bond acceptors (Lipinski definition) is 4. The van der Waals surface area contributed by atoms with Gasteiger partial charge in [-0.3, -0.25) is 14.2 Å². The predicted octanol–water partition coefficient (Wildman–Crippen LogP) is 1.69. The summed E-state index contributed by atoms with van der Waals surface area (Å²) >= 11 is 5.52. The zero-order valence-corrected chi connectivity index (χ0v) is 13.6. The van der Waals surface area contributed by atoms with Gasteiger partial charge in [0.1, 0.15) is 0 Å². The lowest BCUT2D eigenvalue weighted by Gasteiger charge is -2.04. The Morgan fingerprint density at radius 3 is 1.70 bits per heavy atom. The molecule has 0 saturated heterocycles. The lowest BCUT2D eigenvalue weighted by molar-refractivity contribution is -0.139. The average molecular weight is 374 g/mol. The maximum atomic E-state index is 10.7. The molecule has 1 rings (SSSR count). The molecule has 0 radical (unpaired) electrons. The highest BCUT2D eigenvalue weighted by Gasteiger charge is 2.19. The first-order chi connectivity index (χ1) is 10.6. The summed E-state index contributed by atoms with van der Waals surface area (Å²) in [5.74, 6) is 1.26. The van der Waals surface area contributed by atoms with Crippen molar-refractivity contribution in [3.05, 3.63) is 29.3 Å². The van der Waals surface area contributed by atoms with Crippen LogP contribution in [0, 0.1) is 0 Å². The fraction of sp³-hybridized carbons (Fsp3) is 0.333. The number of aliphatic carboxylic acids is 2. The monoisotopic (exact) mass is 373 g/mol. The van der Waals surface area contributed by atoms with Crippen LogP contribution in [0.1, 0.15) is 25.7 Å². The lowest BCUT2D eigenvalue weighted by Crippen LogP contribution is -2.03. The first-order valence-corrected chi connectivity index (χ1v) is 8.09. The minimum Gasteiger partial charge on any atom is -0.481 e.